The Kier molecular flexibility index (Phi) is 4.32. The van der Waals surface area contributed by atoms with Crippen molar-refractivity contribution in [1.82, 2.24) is 0 Å². The molecule has 2 rings (SSSR count). The minimum atomic E-state index is -0.246. The molecular weight excluding hydrogens is 275 g/mol. The third-order valence-corrected chi connectivity index (χ3v) is 3.32. The summed E-state index contributed by atoms with van der Waals surface area (Å²) in [4.78, 5) is 0. The van der Waals surface area contributed by atoms with Crippen LogP contribution in [0.4, 0.5) is 4.39 Å². The van der Waals surface area contributed by atoms with Gasteiger partial charge in [-0.3, -0.25) is 0 Å². The molecule has 4 heteroatoms. The minimum absolute atomic E-state index is 0.106. The summed E-state index contributed by atoms with van der Waals surface area (Å²) in [7, 11) is 0. The maximum absolute atomic E-state index is 12.8. The summed E-state index contributed by atoms with van der Waals surface area (Å²) in [6, 6.07) is 4.61. The van der Waals surface area contributed by atoms with Crippen LogP contribution in [0, 0.1) is 5.82 Å². The van der Waals surface area contributed by atoms with E-state index >= 15 is 0 Å². The van der Waals surface area contributed by atoms with Crippen molar-refractivity contribution in [1.29, 1.82) is 0 Å². The second-order valence-electron chi connectivity index (χ2n) is 3.84. The molecule has 0 saturated carbocycles. The van der Waals surface area contributed by atoms with Gasteiger partial charge in [0.25, 0.3) is 0 Å². The van der Waals surface area contributed by atoms with Crippen LogP contribution in [0.5, 0.6) is 0 Å². The van der Waals surface area contributed by atoms with Crippen LogP contribution in [0.1, 0.15) is 24.8 Å². The van der Waals surface area contributed by atoms with E-state index < -0.39 is 0 Å². The number of halogens is 2. The molecule has 1 heterocycles. The monoisotopic (exact) mass is 288 g/mol. The third kappa shape index (κ3) is 3.27. The van der Waals surface area contributed by atoms with Crippen molar-refractivity contribution in [2.45, 2.75) is 32.2 Å². The van der Waals surface area contributed by atoms with Crippen molar-refractivity contribution < 1.29 is 13.9 Å². The van der Waals surface area contributed by atoms with Gasteiger partial charge in [-0.1, -0.05) is 22.0 Å². The Balaban J connectivity index is 1.88. The molecule has 0 aromatic heterocycles. The summed E-state index contributed by atoms with van der Waals surface area (Å²) < 4.78 is 24.7. The zero-order valence-corrected chi connectivity index (χ0v) is 10.5. The molecular formula is C12H14BrFO2. The summed E-state index contributed by atoms with van der Waals surface area (Å²) >= 11 is 3.31. The number of benzene rings is 1. The molecule has 0 radical (unpaired) electrons. The second-order valence-corrected chi connectivity index (χ2v) is 4.70. The van der Waals surface area contributed by atoms with Crippen molar-refractivity contribution in [2.24, 2.45) is 0 Å². The van der Waals surface area contributed by atoms with Crippen molar-refractivity contribution >= 4 is 15.9 Å². The Labute approximate surface area is 103 Å². The number of hydrogen-bond donors (Lipinski definition) is 0. The van der Waals surface area contributed by atoms with E-state index in [4.69, 9.17) is 9.47 Å². The van der Waals surface area contributed by atoms with E-state index in [-0.39, 0.29) is 12.1 Å². The summed E-state index contributed by atoms with van der Waals surface area (Å²) in [5.74, 6) is -0.246. The molecule has 0 amide bonds. The largest absolute Gasteiger partial charge is 0.353 e. The molecule has 1 atom stereocenters. The molecule has 1 aliphatic rings. The fourth-order valence-corrected chi connectivity index (χ4v) is 2.13. The lowest BCUT2D eigenvalue weighted by Crippen LogP contribution is -2.22. The van der Waals surface area contributed by atoms with Crippen molar-refractivity contribution in [3.63, 3.8) is 0 Å². The lowest BCUT2D eigenvalue weighted by molar-refractivity contribution is -0.169. The molecule has 88 valence electrons. The summed E-state index contributed by atoms with van der Waals surface area (Å²) in [5, 5.41) is 0. The number of hydrogen-bond acceptors (Lipinski definition) is 2. The highest BCUT2D eigenvalue weighted by Crippen LogP contribution is 2.21. The van der Waals surface area contributed by atoms with Gasteiger partial charge in [0.15, 0.2) is 6.29 Å². The van der Waals surface area contributed by atoms with Crippen LogP contribution in [0.25, 0.3) is 0 Å². The van der Waals surface area contributed by atoms with E-state index in [9.17, 15) is 4.39 Å². The topological polar surface area (TPSA) is 18.5 Å². The van der Waals surface area contributed by atoms with Crippen LogP contribution >= 0.6 is 15.9 Å². The molecule has 0 bridgehead atoms. The molecule has 16 heavy (non-hydrogen) atoms. The van der Waals surface area contributed by atoms with Gasteiger partial charge in [0.1, 0.15) is 5.82 Å². The summed E-state index contributed by atoms with van der Waals surface area (Å²) in [5.41, 5.74) is 0.940. The van der Waals surface area contributed by atoms with Gasteiger partial charge in [0, 0.05) is 11.1 Å². The zero-order valence-electron chi connectivity index (χ0n) is 8.92. The highest BCUT2D eigenvalue weighted by Gasteiger charge is 2.14. The van der Waals surface area contributed by atoms with Gasteiger partial charge in [-0.05, 0) is 37.0 Å². The number of rotatable bonds is 3. The Morgan fingerprint density at radius 2 is 2.31 bits per heavy atom. The second kappa shape index (κ2) is 5.75. The highest BCUT2D eigenvalue weighted by molar-refractivity contribution is 9.10. The van der Waals surface area contributed by atoms with Crippen LogP contribution < -0.4 is 0 Å². The van der Waals surface area contributed by atoms with E-state index in [1.807, 2.05) is 0 Å². The van der Waals surface area contributed by atoms with Crippen LogP contribution in [0.3, 0.4) is 0 Å². The third-order valence-electron chi connectivity index (χ3n) is 2.58. The molecule has 0 N–H and O–H groups in total. The predicted octanol–water partition coefficient (Wildman–Crippen LogP) is 3.63. The van der Waals surface area contributed by atoms with Gasteiger partial charge in [-0.2, -0.15) is 0 Å². The van der Waals surface area contributed by atoms with Crippen molar-refractivity contribution in [3.05, 3.63) is 34.1 Å². The first-order valence-corrected chi connectivity index (χ1v) is 6.22. The van der Waals surface area contributed by atoms with E-state index in [0.717, 1.165) is 35.9 Å². The normalized spacial score (nSPS) is 21.0. The SMILES string of the molecule is Fc1ccc(CO[C@@H]2CCCCO2)c(Br)c1. The molecule has 0 aliphatic carbocycles. The van der Waals surface area contributed by atoms with Gasteiger partial charge >= 0.3 is 0 Å². The molecule has 1 aromatic rings. The molecule has 1 saturated heterocycles. The minimum Gasteiger partial charge on any atom is -0.353 e. The van der Waals surface area contributed by atoms with Gasteiger partial charge in [-0.25, -0.2) is 4.39 Å². The van der Waals surface area contributed by atoms with Crippen LogP contribution in [-0.2, 0) is 16.1 Å². The maximum Gasteiger partial charge on any atom is 0.158 e. The Bertz CT molecular complexity index is 351. The fourth-order valence-electron chi connectivity index (χ4n) is 1.66. The smallest absolute Gasteiger partial charge is 0.158 e. The van der Waals surface area contributed by atoms with Crippen molar-refractivity contribution in [2.75, 3.05) is 6.61 Å². The summed E-state index contributed by atoms with van der Waals surface area (Å²) in [6.45, 7) is 1.22. The first-order valence-electron chi connectivity index (χ1n) is 5.43. The summed E-state index contributed by atoms with van der Waals surface area (Å²) in [6.07, 6.45) is 3.10. The van der Waals surface area contributed by atoms with Crippen LogP contribution in [0.2, 0.25) is 0 Å². The average Bonchev–Trinajstić information content (AvgIpc) is 2.29. The Morgan fingerprint density at radius 1 is 1.44 bits per heavy atom. The Hall–Kier alpha value is -0.450. The van der Waals surface area contributed by atoms with Crippen LogP contribution in [0.15, 0.2) is 22.7 Å². The maximum atomic E-state index is 12.8. The lowest BCUT2D eigenvalue weighted by Gasteiger charge is -2.22. The predicted molar refractivity (Wildman–Crippen MR) is 62.5 cm³/mol. The molecule has 0 spiro atoms. The van der Waals surface area contributed by atoms with Gasteiger partial charge in [0.05, 0.1) is 6.61 Å². The highest BCUT2D eigenvalue weighted by atomic mass is 79.9. The Morgan fingerprint density at radius 3 is 3.00 bits per heavy atom. The molecule has 2 nitrogen and oxygen atoms in total. The van der Waals surface area contributed by atoms with E-state index in [1.165, 1.54) is 12.1 Å². The number of ether oxygens (including phenoxy) is 2. The molecule has 1 aromatic carbocycles. The fraction of sp³-hybridized carbons (Fsp3) is 0.500. The molecule has 1 aliphatic heterocycles. The quantitative estimate of drug-likeness (QED) is 0.846. The molecule has 1 fully saturated rings. The zero-order chi connectivity index (χ0) is 11.4. The van der Waals surface area contributed by atoms with Gasteiger partial charge < -0.3 is 9.47 Å². The average molecular weight is 289 g/mol. The van der Waals surface area contributed by atoms with E-state index in [1.54, 1.807) is 6.07 Å². The van der Waals surface area contributed by atoms with E-state index in [0.29, 0.717) is 6.61 Å². The van der Waals surface area contributed by atoms with E-state index in [2.05, 4.69) is 15.9 Å². The lowest BCUT2D eigenvalue weighted by atomic mass is 10.2. The first kappa shape index (κ1) is 12.0. The van der Waals surface area contributed by atoms with Crippen LogP contribution in [-0.4, -0.2) is 12.9 Å². The van der Waals surface area contributed by atoms with Crippen molar-refractivity contribution in [3.8, 4) is 0 Å². The van der Waals surface area contributed by atoms with Gasteiger partial charge in [0.2, 0.25) is 0 Å². The van der Waals surface area contributed by atoms with Gasteiger partial charge in [-0.15, -0.1) is 0 Å². The standard InChI is InChI=1S/C12H14BrFO2/c13-11-7-10(14)5-4-9(11)8-16-12-3-1-2-6-15-12/h4-5,7,12H,1-3,6,8H2/t12-/m1/s1. The first-order chi connectivity index (χ1) is 7.75. The molecule has 0 unspecified atom stereocenters.